The minimum absolute atomic E-state index is 0.476. The first-order valence-corrected chi connectivity index (χ1v) is 6.24. The maximum atomic E-state index is 5.93. The van der Waals surface area contributed by atoms with Gasteiger partial charge in [-0.1, -0.05) is 6.07 Å². The van der Waals surface area contributed by atoms with Crippen LogP contribution < -0.4 is 5.73 Å². The molecule has 0 amide bonds. The topological polar surface area (TPSA) is 80.5 Å². The summed E-state index contributed by atoms with van der Waals surface area (Å²) in [4.78, 5) is 9.39. The molecule has 3 aromatic rings. The van der Waals surface area contributed by atoms with Gasteiger partial charge >= 0.3 is 0 Å². The number of nitrogens with one attached hydrogen (secondary N) is 1. The van der Waals surface area contributed by atoms with Gasteiger partial charge in [-0.2, -0.15) is 5.10 Å². The number of hydrogen-bond donors (Lipinski definition) is 2. The molecule has 0 saturated carbocycles. The van der Waals surface area contributed by atoms with Crippen molar-refractivity contribution in [3.05, 3.63) is 35.7 Å². The Balaban J connectivity index is 2.18. The normalized spacial score (nSPS) is 10.7. The van der Waals surface area contributed by atoms with Crippen molar-refractivity contribution in [1.29, 1.82) is 0 Å². The fraction of sp³-hybridized carbons (Fsp3) is 0.0833. The van der Waals surface area contributed by atoms with Gasteiger partial charge in [-0.05, 0) is 13.0 Å². The lowest BCUT2D eigenvalue weighted by Gasteiger charge is -2.01. The van der Waals surface area contributed by atoms with Gasteiger partial charge in [0, 0.05) is 24.2 Å². The van der Waals surface area contributed by atoms with Crippen LogP contribution >= 0.6 is 11.3 Å². The van der Waals surface area contributed by atoms with Crippen molar-refractivity contribution in [3.8, 4) is 21.7 Å². The summed E-state index contributed by atoms with van der Waals surface area (Å²) in [6.07, 6.45) is 5.34. The number of pyridine rings is 1. The van der Waals surface area contributed by atoms with Gasteiger partial charge in [0.2, 0.25) is 0 Å². The summed E-state index contributed by atoms with van der Waals surface area (Å²) in [5.41, 5.74) is 8.66. The predicted octanol–water partition coefficient (Wildman–Crippen LogP) is 2.49. The van der Waals surface area contributed by atoms with E-state index in [4.69, 9.17) is 5.73 Å². The predicted molar refractivity (Wildman–Crippen MR) is 72.1 cm³/mol. The number of hydrogen-bond acceptors (Lipinski definition) is 5. The highest BCUT2D eigenvalue weighted by Crippen LogP contribution is 2.36. The highest BCUT2D eigenvalue weighted by molar-refractivity contribution is 7.15. The first-order chi connectivity index (χ1) is 8.75. The average molecular weight is 257 g/mol. The largest absolute Gasteiger partial charge is 0.382 e. The Morgan fingerprint density at radius 3 is 2.89 bits per heavy atom. The lowest BCUT2D eigenvalue weighted by molar-refractivity contribution is 1.10. The summed E-state index contributed by atoms with van der Waals surface area (Å²) < 4.78 is 0. The number of aromatic amines is 1. The van der Waals surface area contributed by atoms with Crippen molar-refractivity contribution in [1.82, 2.24) is 20.2 Å². The third kappa shape index (κ3) is 1.76. The van der Waals surface area contributed by atoms with Crippen LogP contribution in [0.4, 0.5) is 5.82 Å². The van der Waals surface area contributed by atoms with E-state index in [-0.39, 0.29) is 0 Å². The molecule has 18 heavy (non-hydrogen) atoms. The Morgan fingerprint density at radius 1 is 1.33 bits per heavy atom. The highest BCUT2D eigenvalue weighted by Gasteiger charge is 2.16. The molecule has 3 aromatic heterocycles. The van der Waals surface area contributed by atoms with E-state index in [9.17, 15) is 0 Å². The van der Waals surface area contributed by atoms with Crippen LogP contribution in [-0.4, -0.2) is 20.2 Å². The van der Waals surface area contributed by atoms with E-state index in [0.29, 0.717) is 5.82 Å². The Morgan fingerprint density at radius 2 is 2.22 bits per heavy atom. The zero-order chi connectivity index (χ0) is 12.5. The molecule has 90 valence electrons. The van der Waals surface area contributed by atoms with E-state index in [2.05, 4.69) is 20.2 Å². The molecule has 3 heterocycles. The van der Waals surface area contributed by atoms with Crippen LogP contribution in [0, 0.1) is 6.92 Å². The molecule has 0 aromatic carbocycles. The molecule has 0 unspecified atom stereocenters. The van der Waals surface area contributed by atoms with Crippen LogP contribution in [-0.2, 0) is 0 Å². The fourth-order valence-corrected chi connectivity index (χ4v) is 2.59. The van der Waals surface area contributed by atoms with Crippen molar-refractivity contribution < 1.29 is 0 Å². The molecule has 0 aliphatic rings. The summed E-state index contributed by atoms with van der Waals surface area (Å²) >= 11 is 1.60. The van der Waals surface area contributed by atoms with Crippen molar-refractivity contribution in [2.45, 2.75) is 6.92 Å². The van der Waals surface area contributed by atoms with Gasteiger partial charge in [0.05, 0.1) is 21.1 Å². The Kier molecular flexibility index (Phi) is 2.56. The summed E-state index contributed by atoms with van der Waals surface area (Å²) in [5.74, 6) is 0.476. The standard InChI is InChI=1S/C12H11N5S/c1-7-15-6-9(18-7)11-10(12(13)17-16-11)8-3-2-4-14-5-8/h2-6H,1H3,(H3,13,16,17). The van der Waals surface area contributed by atoms with Gasteiger partial charge in [0.25, 0.3) is 0 Å². The monoisotopic (exact) mass is 257 g/mol. The summed E-state index contributed by atoms with van der Waals surface area (Å²) in [7, 11) is 0. The van der Waals surface area contributed by atoms with Gasteiger partial charge in [-0.25, -0.2) is 4.98 Å². The third-order valence-corrected chi connectivity index (χ3v) is 3.54. The lowest BCUT2D eigenvalue weighted by Crippen LogP contribution is -1.88. The van der Waals surface area contributed by atoms with Gasteiger partial charge < -0.3 is 5.73 Å². The molecule has 3 N–H and O–H groups in total. The summed E-state index contributed by atoms with van der Waals surface area (Å²) in [6.45, 7) is 1.97. The maximum absolute atomic E-state index is 5.93. The Labute approximate surface area is 108 Å². The van der Waals surface area contributed by atoms with E-state index in [1.165, 1.54) is 0 Å². The zero-order valence-corrected chi connectivity index (χ0v) is 10.5. The molecular formula is C12H11N5S. The van der Waals surface area contributed by atoms with Crippen molar-refractivity contribution in [2.75, 3.05) is 5.73 Å². The quantitative estimate of drug-likeness (QED) is 0.739. The second kappa shape index (κ2) is 4.23. The van der Waals surface area contributed by atoms with Gasteiger partial charge in [-0.15, -0.1) is 11.3 Å². The SMILES string of the molecule is Cc1ncc(-c2[nH]nc(N)c2-c2cccnc2)s1. The molecule has 0 fully saturated rings. The second-order valence-electron chi connectivity index (χ2n) is 3.84. The zero-order valence-electron chi connectivity index (χ0n) is 9.71. The van der Waals surface area contributed by atoms with Crippen molar-refractivity contribution in [2.24, 2.45) is 0 Å². The van der Waals surface area contributed by atoms with Crippen LogP contribution in [0.15, 0.2) is 30.7 Å². The van der Waals surface area contributed by atoms with E-state index in [1.54, 1.807) is 23.7 Å². The number of nitrogens with zero attached hydrogens (tertiary/aromatic N) is 3. The smallest absolute Gasteiger partial charge is 0.153 e. The minimum Gasteiger partial charge on any atom is -0.382 e. The van der Waals surface area contributed by atoms with E-state index in [1.807, 2.05) is 25.3 Å². The molecule has 0 saturated heterocycles. The van der Waals surface area contributed by atoms with Crippen LogP contribution in [0.25, 0.3) is 21.7 Å². The van der Waals surface area contributed by atoms with Crippen LogP contribution in [0.1, 0.15) is 5.01 Å². The second-order valence-corrected chi connectivity index (χ2v) is 5.08. The van der Waals surface area contributed by atoms with Gasteiger partial charge in [0.1, 0.15) is 0 Å². The first kappa shape index (κ1) is 10.9. The van der Waals surface area contributed by atoms with E-state index < -0.39 is 0 Å². The van der Waals surface area contributed by atoms with Gasteiger partial charge in [-0.3, -0.25) is 10.1 Å². The molecule has 0 spiro atoms. The number of anilines is 1. The molecule has 0 aliphatic carbocycles. The lowest BCUT2D eigenvalue weighted by atomic mass is 10.1. The number of nitrogens with two attached hydrogens (primary N) is 1. The van der Waals surface area contributed by atoms with Crippen LogP contribution in [0.3, 0.4) is 0 Å². The summed E-state index contributed by atoms with van der Waals surface area (Å²) in [6, 6.07) is 3.84. The molecule has 3 rings (SSSR count). The average Bonchev–Trinajstić information content (AvgIpc) is 2.96. The third-order valence-electron chi connectivity index (χ3n) is 2.61. The molecule has 6 heteroatoms. The van der Waals surface area contributed by atoms with Crippen LogP contribution in [0.2, 0.25) is 0 Å². The van der Waals surface area contributed by atoms with E-state index >= 15 is 0 Å². The van der Waals surface area contributed by atoms with Crippen LogP contribution in [0.5, 0.6) is 0 Å². The van der Waals surface area contributed by atoms with E-state index in [0.717, 1.165) is 26.7 Å². The fourth-order valence-electron chi connectivity index (χ4n) is 1.81. The number of rotatable bonds is 2. The first-order valence-electron chi connectivity index (χ1n) is 5.43. The molecule has 5 nitrogen and oxygen atoms in total. The molecule has 0 radical (unpaired) electrons. The number of thiazole rings is 1. The van der Waals surface area contributed by atoms with Crippen molar-refractivity contribution >= 4 is 17.2 Å². The number of aryl methyl sites for hydroxylation is 1. The molecule has 0 atom stereocenters. The molecule has 0 bridgehead atoms. The number of H-pyrrole nitrogens is 1. The Bertz CT molecular complexity index is 671. The molecule has 0 aliphatic heterocycles. The van der Waals surface area contributed by atoms with Gasteiger partial charge in [0.15, 0.2) is 5.82 Å². The highest BCUT2D eigenvalue weighted by atomic mass is 32.1. The number of nitrogen functional groups attached to an aromatic ring is 1. The minimum atomic E-state index is 0.476. The van der Waals surface area contributed by atoms with Crippen molar-refractivity contribution in [3.63, 3.8) is 0 Å². The number of aromatic nitrogens is 4. The summed E-state index contributed by atoms with van der Waals surface area (Å²) in [5, 5.41) is 8.06. The molecular weight excluding hydrogens is 246 g/mol. The maximum Gasteiger partial charge on any atom is 0.153 e. The Hall–Kier alpha value is -2.21.